The van der Waals surface area contributed by atoms with Gasteiger partial charge in [0.15, 0.2) is 0 Å². The molecule has 1 amide bonds. The van der Waals surface area contributed by atoms with Gasteiger partial charge in [-0.3, -0.25) is 4.79 Å². The molecule has 0 aliphatic carbocycles. The van der Waals surface area contributed by atoms with Gasteiger partial charge in [0.2, 0.25) is 0 Å². The van der Waals surface area contributed by atoms with Gasteiger partial charge in [0.05, 0.1) is 17.9 Å². The zero-order chi connectivity index (χ0) is 13.1. The molecule has 1 unspecified atom stereocenters. The van der Waals surface area contributed by atoms with Gasteiger partial charge in [0.1, 0.15) is 11.6 Å². The number of nitrogens with one attached hydrogen (secondary N) is 1. The Hall–Kier alpha value is -2.10. The molecule has 1 atom stereocenters. The lowest BCUT2D eigenvalue weighted by atomic mass is 10.1. The maximum Gasteiger partial charge on any atom is 0.255 e. The van der Waals surface area contributed by atoms with Crippen molar-refractivity contribution in [3.05, 3.63) is 59.3 Å². The van der Waals surface area contributed by atoms with Crippen molar-refractivity contribution < 1.29 is 13.6 Å². The molecule has 0 saturated heterocycles. The molecule has 0 saturated carbocycles. The highest BCUT2D eigenvalue weighted by molar-refractivity contribution is 5.95. The minimum absolute atomic E-state index is 0.224. The summed E-state index contributed by atoms with van der Waals surface area (Å²) < 4.78 is 18.1. The van der Waals surface area contributed by atoms with Crippen LogP contribution in [-0.2, 0) is 0 Å². The molecule has 2 aromatic rings. The van der Waals surface area contributed by atoms with E-state index in [4.69, 9.17) is 4.42 Å². The third kappa shape index (κ3) is 2.59. The van der Waals surface area contributed by atoms with Crippen LogP contribution in [0.4, 0.5) is 4.39 Å². The third-order valence-corrected chi connectivity index (χ3v) is 2.80. The van der Waals surface area contributed by atoms with Crippen LogP contribution in [0.1, 0.15) is 34.6 Å². The molecule has 3 nitrogen and oxygen atoms in total. The molecule has 1 aromatic carbocycles. The molecule has 18 heavy (non-hydrogen) atoms. The highest BCUT2D eigenvalue weighted by Crippen LogP contribution is 2.15. The van der Waals surface area contributed by atoms with Crippen LogP contribution >= 0.6 is 0 Å². The first-order valence-electron chi connectivity index (χ1n) is 5.68. The Morgan fingerprint density at radius 1 is 1.39 bits per heavy atom. The molecule has 0 bridgehead atoms. The number of aryl methyl sites for hydroxylation is 1. The van der Waals surface area contributed by atoms with Crippen molar-refractivity contribution >= 4 is 5.91 Å². The van der Waals surface area contributed by atoms with Crippen molar-refractivity contribution in [3.8, 4) is 0 Å². The van der Waals surface area contributed by atoms with E-state index in [1.165, 1.54) is 18.4 Å². The SMILES string of the molecule is Cc1occc1C(=O)NC(C)c1cccc(F)c1. The van der Waals surface area contributed by atoms with Gasteiger partial charge >= 0.3 is 0 Å². The van der Waals surface area contributed by atoms with Gasteiger partial charge in [0.25, 0.3) is 5.91 Å². The van der Waals surface area contributed by atoms with Gasteiger partial charge in [-0.25, -0.2) is 4.39 Å². The number of halogens is 1. The summed E-state index contributed by atoms with van der Waals surface area (Å²) in [6, 6.07) is 7.53. The average molecular weight is 247 g/mol. The molecule has 2 rings (SSSR count). The van der Waals surface area contributed by atoms with Crippen molar-refractivity contribution in [2.75, 3.05) is 0 Å². The summed E-state index contributed by atoms with van der Waals surface area (Å²) in [5, 5.41) is 2.80. The van der Waals surface area contributed by atoms with E-state index in [0.717, 1.165) is 5.56 Å². The summed E-state index contributed by atoms with van der Waals surface area (Å²) in [6.07, 6.45) is 1.47. The number of carbonyl (C=O) groups excluding carboxylic acids is 1. The zero-order valence-electron chi connectivity index (χ0n) is 10.2. The van der Waals surface area contributed by atoms with Crippen molar-refractivity contribution in [3.63, 3.8) is 0 Å². The molecular formula is C14H14FNO2. The fourth-order valence-corrected chi connectivity index (χ4v) is 1.75. The van der Waals surface area contributed by atoms with E-state index in [0.29, 0.717) is 11.3 Å². The summed E-state index contributed by atoms with van der Waals surface area (Å²) >= 11 is 0. The Kier molecular flexibility index (Phi) is 3.46. The van der Waals surface area contributed by atoms with Crippen LogP contribution in [-0.4, -0.2) is 5.91 Å². The number of carbonyl (C=O) groups is 1. The Bertz CT molecular complexity index is 562. The number of benzene rings is 1. The van der Waals surface area contributed by atoms with E-state index < -0.39 is 0 Å². The summed E-state index contributed by atoms with van der Waals surface area (Å²) in [5.74, 6) is 0.0324. The highest BCUT2D eigenvalue weighted by atomic mass is 19.1. The number of hydrogen-bond acceptors (Lipinski definition) is 2. The van der Waals surface area contributed by atoms with Crippen molar-refractivity contribution in [2.24, 2.45) is 0 Å². The van der Waals surface area contributed by atoms with Crippen LogP contribution in [0.25, 0.3) is 0 Å². The Morgan fingerprint density at radius 3 is 2.78 bits per heavy atom. The Labute approximate surface area is 105 Å². The van der Waals surface area contributed by atoms with E-state index in [1.807, 2.05) is 6.92 Å². The Balaban J connectivity index is 2.10. The van der Waals surface area contributed by atoms with Gasteiger partial charge in [0, 0.05) is 0 Å². The smallest absolute Gasteiger partial charge is 0.255 e. The molecule has 1 aromatic heterocycles. The van der Waals surface area contributed by atoms with E-state index in [1.54, 1.807) is 25.1 Å². The van der Waals surface area contributed by atoms with Gasteiger partial charge in [-0.1, -0.05) is 12.1 Å². The summed E-state index contributed by atoms with van der Waals surface area (Å²) in [7, 11) is 0. The minimum Gasteiger partial charge on any atom is -0.469 e. The molecular weight excluding hydrogens is 233 g/mol. The standard InChI is InChI=1S/C14H14FNO2/c1-9(11-4-3-5-12(15)8-11)16-14(17)13-6-7-18-10(13)2/h3-9H,1-2H3,(H,16,17). The van der Waals surface area contributed by atoms with Crippen LogP contribution in [0.2, 0.25) is 0 Å². The molecule has 0 fully saturated rings. The fraction of sp³-hybridized carbons (Fsp3) is 0.214. The Morgan fingerprint density at radius 2 is 2.17 bits per heavy atom. The van der Waals surface area contributed by atoms with Gasteiger partial charge in [-0.2, -0.15) is 0 Å². The lowest BCUT2D eigenvalue weighted by Crippen LogP contribution is -2.26. The first-order valence-corrected chi connectivity index (χ1v) is 5.68. The second-order valence-corrected chi connectivity index (χ2v) is 4.14. The summed E-state index contributed by atoms with van der Waals surface area (Å²) in [4.78, 5) is 11.9. The zero-order valence-corrected chi connectivity index (χ0v) is 10.2. The van der Waals surface area contributed by atoms with E-state index >= 15 is 0 Å². The van der Waals surface area contributed by atoms with Crippen LogP contribution < -0.4 is 5.32 Å². The maximum absolute atomic E-state index is 13.1. The molecule has 0 aliphatic rings. The highest BCUT2D eigenvalue weighted by Gasteiger charge is 2.15. The lowest BCUT2D eigenvalue weighted by molar-refractivity contribution is 0.0938. The molecule has 0 spiro atoms. The normalized spacial score (nSPS) is 12.2. The average Bonchev–Trinajstić information content (AvgIpc) is 2.75. The van der Waals surface area contributed by atoms with Crippen LogP contribution in [0.5, 0.6) is 0 Å². The number of hydrogen-bond donors (Lipinski definition) is 1. The first kappa shape index (κ1) is 12.4. The molecule has 0 aliphatic heterocycles. The predicted octanol–water partition coefficient (Wildman–Crippen LogP) is 3.22. The predicted molar refractivity (Wildman–Crippen MR) is 65.7 cm³/mol. The summed E-state index contributed by atoms with van der Waals surface area (Å²) in [6.45, 7) is 3.53. The second kappa shape index (κ2) is 5.04. The van der Waals surface area contributed by atoms with Crippen LogP contribution in [0, 0.1) is 12.7 Å². The van der Waals surface area contributed by atoms with Crippen molar-refractivity contribution in [2.45, 2.75) is 19.9 Å². The number of rotatable bonds is 3. The molecule has 1 heterocycles. The number of furan rings is 1. The van der Waals surface area contributed by atoms with E-state index in [-0.39, 0.29) is 17.8 Å². The monoisotopic (exact) mass is 247 g/mol. The third-order valence-electron chi connectivity index (χ3n) is 2.80. The van der Waals surface area contributed by atoms with Crippen LogP contribution in [0.3, 0.4) is 0 Å². The van der Waals surface area contributed by atoms with Gasteiger partial charge in [-0.05, 0) is 37.6 Å². The molecule has 0 radical (unpaired) electrons. The summed E-state index contributed by atoms with van der Waals surface area (Å²) in [5.41, 5.74) is 1.22. The minimum atomic E-state index is -0.312. The second-order valence-electron chi connectivity index (χ2n) is 4.14. The molecule has 94 valence electrons. The largest absolute Gasteiger partial charge is 0.469 e. The number of amides is 1. The molecule has 4 heteroatoms. The molecule has 1 N–H and O–H groups in total. The van der Waals surface area contributed by atoms with E-state index in [9.17, 15) is 9.18 Å². The fourth-order valence-electron chi connectivity index (χ4n) is 1.75. The first-order chi connectivity index (χ1) is 8.58. The van der Waals surface area contributed by atoms with Crippen LogP contribution in [0.15, 0.2) is 41.0 Å². The van der Waals surface area contributed by atoms with Gasteiger partial charge in [-0.15, -0.1) is 0 Å². The lowest BCUT2D eigenvalue weighted by Gasteiger charge is -2.14. The van der Waals surface area contributed by atoms with Crippen molar-refractivity contribution in [1.82, 2.24) is 5.32 Å². The quantitative estimate of drug-likeness (QED) is 0.904. The maximum atomic E-state index is 13.1. The van der Waals surface area contributed by atoms with Crippen molar-refractivity contribution in [1.29, 1.82) is 0 Å². The topological polar surface area (TPSA) is 42.2 Å². The van der Waals surface area contributed by atoms with E-state index in [2.05, 4.69) is 5.32 Å². The van der Waals surface area contributed by atoms with Gasteiger partial charge < -0.3 is 9.73 Å².